The lowest BCUT2D eigenvalue weighted by Crippen LogP contribution is -2.15. The van der Waals surface area contributed by atoms with Gasteiger partial charge in [-0.25, -0.2) is 0 Å². The van der Waals surface area contributed by atoms with E-state index in [1.165, 1.54) is 0 Å². The molecule has 0 amide bonds. The first kappa shape index (κ1) is 9.78. The summed E-state index contributed by atoms with van der Waals surface area (Å²) in [4.78, 5) is 4.22. The highest BCUT2D eigenvalue weighted by molar-refractivity contribution is 5.73. The van der Waals surface area contributed by atoms with E-state index in [-0.39, 0.29) is 6.10 Å². The predicted octanol–water partition coefficient (Wildman–Crippen LogP) is 3.20. The molecule has 1 aromatic rings. The molecule has 2 heteroatoms. The number of ether oxygens (including phenoxy) is 1. The topological polar surface area (TPSA) is 21.6 Å². The molecule has 1 heterocycles. The maximum absolute atomic E-state index is 5.48. The molecule has 13 heavy (non-hydrogen) atoms. The minimum absolute atomic E-state index is 0.102. The highest BCUT2D eigenvalue weighted by Gasteiger charge is 2.09. The van der Waals surface area contributed by atoms with Crippen LogP contribution in [0.15, 0.2) is 29.3 Å². The molecule has 0 radical (unpaired) electrons. The van der Waals surface area contributed by atoms with Crippen molar-refractivity contribution in [3.63, 3.8) is 0 Å². The van der Waals surface area contributed by atoms with Crippen LogP contribution >= 0.6 is 0 Å². The zero-order valence-electron chi connectivity index (χ0n) is 8.32. The second-order valence-electron chi connectivity index (χ2n) is 2.57. The third-order valence-electron chi connectivity index (χ3n) is 1.60. The van der Waals surface area contributed by atoms with Crippen LogP contribution in [0.1, 0.15) is 20.8 Å². The fraction of sp³-hybridized carbons (Fsp3) is 0.364. The normalized spacial score (nSPS) is 17.9. The molecule has 2 nitrogen and oxygen atoms in total. The molecule has 0 aromatic heterocycles. The number of hydrogen-bond acceptors (Lipinski definition) is 2. The Morgan fingerprint density at radius 2 is 1.92 bits per heavy atom. The van der Waals surface area contributed by atoms with Gasteiger partial charge >= 0.3 is 0 Å². The van der Waals surface area contributed by atoms with Gasteiger partial charge in [-0.1, -0.05) is 26.0 Å². The van der Waals surface area contributed by atoms with Crippen LogP contribution in [0.5, 0.6) is 5.75 Å². The van der Waals surface area contributed by atoms with E-state index >= 15 is 0 Å². The standard InChI is InChI=1S/C9H9NO.C2H6/c1-7-6-10-8-4-2-3-5-9(8)11-7;1-2/h2-7H,1H3;1-2H3. The Balaban J connectivity index is 0.000000396. The van der Waals surface area contributed by atoms with Gasteiger partial charge in [0, 0.05) is 6.21 Å². The first-order valence-electron chi connectivity index (χ1n) is 4.66. The maximum atomic E-state index is 5.48. The SMILES string of the molecule is CC.CC1C=Nc2ccccc2O1. The molecule has 70 valence electrons. The fourth-order valence-corrected chi connectivity index (χ4v) is 1.08. The van der Waals surface area contributed by atoms with Gasteiger partial charge in [0.1, 0.15) is 17.5 Å². The Labute approximate surface area is 79.3 Å². The average molecular weight is 177 g/mol. The quantitative estimate of drug-likeness (QED) is 0.596. The average Bonchev–Trinajstić information content (AvgIpc) is 2.21. The molecule has 0 fully saturated rings. The number of fused-ring (bicyclic) bond motifs is 1. The van der Waals surface area contributed by atoms with Crippen molar-refractivity contribution < 1.29 is 4.74 Å². The van der Waals surface area contributed by atoms with E-state index in [2.05, 4.69) is 4.99 Å². The second-order valence-corrected chi connectivity index (χ2v) is 2.57. The van der Waals surface area contributed by atoms with Crippen molar-refractivity contribution in [2.75, 3.05) is 0 Å². The van der Waals surface area contributed by atoms with Crippen molar-refractivity contribution in [3.8, 4) is 5.75 Å². The molecule has 1 aliphatic rings. The van der Waals surface area contributed by atoms with Crippen molar-refractivity contribution in [3.05, 3.63) is 24.3 Å². The Hall–Kier alpha value is -1.31. The van der Waals surface area contributed by atoms with Crippen LogP contribution in [-0.2, 0) is 0 Å². The third kappa shape index (κ3) is 2.31. The first-order valence-corrected chi connectivity index (χ1v) is 4.66. The van der Waals surface area contributed by atoms with Crippen molar-refractivity contribution >= 4 is 11.9 Å². The molecular formula is C11H15NO. The lowest BCUT2D eigenvalue weighted by atomic mass is 10.2. The first-order chi connectivity index (χ1) is 6.36. The second kappa shape index (κ2) is 4.65. The van der Waals surface area contributed by atoms with Gasteiger partial charge in [-0.15, -0.1) is 0 Å². The Morgan fingerprint density at radius 1 is 1.23 bits per heavy atom. The Morgan fingerprint density at radius 3 is 2.69 bits per heavy atom. The van der Waals surface area contributed by atoms with Gasteiger partial charge in [0.25, 0.3) is 0 Å². The molecule has 2 rings (SSSR count). The molecular weight excluding hydrogens is 162 g/mol. The summed E-state index contributed by atoms with van der Waals surface area (Å²) in [6.07, 6.45) is 1.91. The summed E-state index contributed by atoms with van der Waals surface area (Å²) >= 11 is 0. The number of benzene rings is 1. The highest BCUT2D eigenvalue weighted by atomic mass is 16.5. The molecule has 0 saturated carbocycles. The van der Waals surface area contributed by atoms with Crippen molar-refractivity contribution in [2.45, 2.75) is 26.9 Å². The van der Waals surface area contributed by atoms with Crippen LogP contribution in [-0.4, -0.2) is 12.3 Å². The Kier molecular flexibility index (Phi) is 3.50. The van der Waals surface area contributed by atoms with Crippen molar-refractivity contribution in [1.82, 2.24) is 0 Å². The maximum Gasteiger partial charge on any atom is 0.145 e. The van der Waals surface area contributed by atoms with E-state index in [4.69, 9.17) is 4.74 Å². The van der Waals surface area contributed by atoms with Gasteiger partial charge < -0.3 is 4.74 Å². The molecule has 0 aliphatic carbocycles. The number of aliphatic imine (C=N–C) groups is 1. The summed E-state index contributed by atoms with van der Waals surface area (Å²) in [6, 6.07) is 7.78. The number of para-hydroxylation sites is 2. The molecule has 0 saturated heterocycles. The van der Waals surface area contributed by atoms with Gasteiger partial charge in [0.2, 0.25) is 0 Å². The summed E-state index contributed by atoms with van der Waals surface area (Å²) in [5.41, 5.74) is 0.922. The summed E-state index contributed by atoms with van der Waals surface area (Å²) in [5.74, 6) is 0.877. The Bertz CT molecular complexity index is 294. The van der Waals surface area contributed by atoms with E-state index in [9.17, 15) is 0 Å². The molecule has 0 spiro atoms. The van der Waals surface area contributed by atoms with Gasteiger partial charge in [-0.3, -0.25) is 4.99 Å². The lowest BCUT2D eigenvalue weighted by Gasteiger charge is -2.16. The van der Waals surface area contributed by atoms with Crippen LogP contribution in [0.25, 0.3) is 0 Å². The molecule has 1 aromatic carbocycles. The number of nitrogens with zero attached hydrogens (tertiary/aromatic N) is 1. The summed E-state index contributed by atoms with van der Waals surface area (Å²) in [6.45, 7) is 5.97. The van der Waals surface area contributed by atoms with Gasteiger partial charge in [0.15, 0.2) is 0 Å². The monoisotopic (exact) mass is 177 g/mol. The molecule has 1 unspecified atom stereocenters. The zero-order valence-corrected chi connectivity index (χ0v) is 8.32. The van der Waals surface area contributed by atoms with E-state index < -0.39 is 0 Å². The lowest BCUT2D eigenvalue weighted by molar-refractivity contribution is 0.288. The van der Waals surface area contributed by atoms with E-state index in [0.717, 1.165) is 11.4 Å². The number of rotatable bonds is 0. The number of hydrogen-bond donors (Lipinski definition) is 0. The van der Waals surface area contributed by atoms with Gasteiger partial charge in [-0.05, 0) is 19.1 Å². The summed E-state index contributed by atoms with van der Waals surface area (Å²) in [7, 11) is 0. The van der Waals surface area contributed by atoms with Crippen LogP contribution < -0.4 is 4.74 Å². The van der Waals surface area contributed by atoms with Crippen LogP contribution in [0.3, 0.4) is 0 Å². The van der Waals surface area contributed by atoms with Gasteiger partial charge in [0.05, 0.1) is 0 Å². The molecule has 0 bridgehead atoms. The minimum Gasteiger partial charge on any atom is -0.483 e. The fourth-order valence-electron chi connectivity index (χ4n) is 1.08. The van der Waals surface area contributed by atoms with Crippen LogP contribution in [0.4, 0.5) is 5.69 Å². The largest absolute Gasteiger partial charge is 0.483 e. The minimum atomic E-state index is 0.102. The van der Waals surface area contributed by atoms with Crippen molar-refractivity contribution in [2.24, 2.45) is 4.99 Å². The smallest absolute Gasteiger partial charge is 0.145 e. The van der Waals surface area contributed by atoms with E-state index in [0.29, 0.717) is 0 Å². The highest BCUT2D eigenvalue weighted by Crippen LogP contribution is 2.29. The third-order valence-corrected chi connectivity index (χ3v) is 1.60. The molecule has 1 aliphatic heterocycles. The molecule has 1 atom stereocenters. The van der Waals surface area contributed by atoms with E-state index in [1.807, 2.05) is 51.3 Å². The zero-order chi connectivity index (χ0) is 9.68. The summed E-state index contributed by atoms with van der Waals surface area (Å²) in [5, 5.41) is 0. The van der Waals surface area contributed by atoms with Crippen LogP contribution in [0, 0.1) is 0 Å². The van der Waals surface area contributed by atoms with Crippen molar-refractivity contribution in [1.29, 1.82) is 0 Å². The molecule has 0 N–H and O–H groups in total. The predicted molar refractivity (Wildman–Crippen MR) is 56.0 cm³/mol. The van der Waals surface area contributed by atoms with Gasteiger partial charge in [-0.2, -0.15) is 0 Å². The summed E-state index contributed by atoms with van der Waals surface area (Å²) < 4.78 is 5.48. The van der Waals surface area contributed by atoms with Crippen LogP contribution in [0.2, 0.25) is 0 Å². The van der Waals surface area contributed by atoms with E-state index in [1.54, 1.807) is 0 Å².